The van der Waals surface area contributed by atoms with E-state index < -0.39 is 32.5 Å². The van der Waals surface area contributed by atoms with Gasteiger partial charge in [-0.2, -0.15) is 4.31 Å². The van der Waals surface area contributed by atoms with E-state index in [9.17, 15) is 22.0 Å². The van der Waals surface area contributed by atoms with Gasteiger partial charge in [0.15, 0.2) is 5.13 Å². The number of hydrogen-bond acceptors (Lipinski definition) is 7. The number of carbonyl (C=O) groups is 1. The van der Waals surface area contributed by atoms with Crippen LogP contribution in [0.3, 0.4) is 0 Å². The Morgan fingerprint density at radius 3 is 2.67 bits per heavy atom. The van der Waals surface area contributed by atoms with Gasteiger partial charge in [-0.05, 0) is 54.8 Å². The molecule has 2 aromatic heterocycles. The summed E-state index contributed by atoms with van der Waals surface area (Å²) in [5, 5.41) is 0.897. The van der Waals surface area contributed by atoms with Gasteiger partial charge in [0.05, 0.1) is 23.4 Å². The third-order valence-electron chi connectivity index (χ3n) is 6.54. The smallest absolute Gasteiger partial charge is 0.246 e. The van der Waals surface area contributed by atoms with E-state index in [1.165, 1.54) is 18.4 Å². The fourth-order valence-corrected chi connectivity index (χ4v) is 7.32. The number of ether oxygens (including phenoxy) is 1. The van der Waals surface area contributed by atoms with Crippen molar-refractivity contribution in [2.24, 2.45) is 5.92 Å². The number of aromatic nitrogens is 2. The quantitative estimate of drug-likeness (QED) is 0.290. The van der Waals surface area contributed by atoms with Crippen LogP contribution in [0.2, 0.25) is 5.02 Å². The van der Waals surface area contributed by atoms with Crippen molar-refractivity contribution in [2.75, 3.05) is 25.1 Å². The maximum Gasteiger partial charge on any atom is 0.246 e. The van der Waals surface area contributed by atoms with E-state index in [4.69, 9.17) is 16.3 Å². The fraction of sp³-hybridized carbons (Fsp3) is 0.269. The van der Waals surface area contributed by atoms with Gasteiger partial charge in [0.2, 0.25) is 15.9 Å². The highest BCUT2D eigenvalue weighted by molar-refractivity contribution is 7.89. The molecule has 0 radical (unpaired) electrons. The van der Waals surface area contributed by atoms with E-state index in [0.29, 0.717) is 32.2 Å². The maximum absolute atomic E-state index is 14.2. The highest BCUT2D eigenvalue weighted by Gasteiger charge is 2.36. The molecule has 1 saturated heterocycles. The van der Waals surface area contributed by atoms with Crippen LogP contribution in [0.4, 0.5) is 13.9 Å². The topological polar surface area (TPSA) is 92.7 Å². The van der Waals surface area contributed by atoms with Crippen LogP contribution in [0, 0.1) is 17.6 Å². The highest BCUT2D eigenvalue weighted by atomic mass is 35.5. The van der Waals surface area contributed by atoms with E-state index in [1.54, 1.807) is 35.5 Å². The Balaban J connectivity index is 1.41. The molecule has 2 aromatic carbocycles. The van der Waals surface area contributed by atoms with Gasteiger partial charge in [-0.25, -0.2) is 22.2 Å². The van der Waals surface area contributed by atoms with Gasteiger partial charge in [0.25, 0.3) is 0 Å². The lowest BCUT2D eigenvalue weighted by molar-refractivity contribution is -0.123. The van der Waals surface area contributed by atoms with Crippen molar-refractivity contribution >= 4 is 54.2 Å². The van der Waals surface area contributed by atoms with Gasteiger partial charge >= 0.3 is 0 Å². The Labute approximate surface area is 232 Å². The van der Waals surface area contributed by atoms with Gasteiger partial charge < -0.3 is 4.74 Å². The van der Waals surface area contributed by atoms with Crippen molar-refractivity contribution in [3.8, 4) is 5.75 Å². The fourth-order valence-electron chi connectivity index (χ4n) is 4.51. The van der Waals surface area contributed by atoms with Crippen molar-refractivity contribution in [1.29, 1.82) is 0 Å². The van der Waals surface area contributed by atoms with E-state index >= 15 is 0 Å². The molecule has 13 heteroatoms. The number of rotatable bonds is 7. The van der Waals surface area contributed by atoms with Crippen LogP contribution in [0.1, 0.15) is 18.4 Å². The van der Waals surface area contributed by atoms with E-state index in [-0.39, 0.29) is 38.4 Å². The zero-order valence-corrected chi connectivity index (χ0v) is 23.1. The zero-order valence-electron chi connectivity index (χ0n) is 20.7. The van der Waals surface area contributed by atoms with Gasteiger partial charge in [-0.3, -0.25) is 14.7 Å². The van der Waals surface area contributed by atoms with Crippen molar-refractivity contribution in [3.63, 3.8) is 0 Å². The number of pyridine rings is 1. The number of piperidine rings is 1. The van der Waals surface area contributed by atoms with Crippen molar-refractivity contribution in [1.82, 2.24) is 14.3 Å². The molecule has 1 aliphatic rings. The summed E-state index contributed by atoms with van der Waals surface area (Å²) in [6.07, 6.45) is 3.69. The van der Waals surface area contributed by atoms with Crippen LogP contribution in [-0.2, 0) is 21.4 Å². The molecule has 39 heavy (non-hydrogen) atoms. The normalized spacial score (nSPS) is 15.0. The van der Waals surface area contributed by atoms with Crippen molar-refractivity contribution < 1.29 is 26.7 Å². The molecule has 1 aliphatic heterocycles. The summed E-state index contributed by atoms with van der Waals surface area (Å²) in [6, 6.07) is 9.34. The second-order valence-electron chi connectivity index (χ2n) is 8.96. The Morgan fingerprint density at radius 1 is 1.21 bits per heavy atom. The number of halogens is 3. The zero-order chi connectivity index (χ0) is 27.7. The van der Waals surface area contributed by atoms with Crippen LogP contribution >= 0.6 is 22.9 Å². The summed E-state index contributed by atoms with van der Waals surface area (Å²) < 4.78 is 61.1. The van der Waals surface area contributed by atoms with Crippen LogP contribution in [0.25, 0.3) is 10.2 Å². The minimum Gasteiger partial charge on any atom is -0.494 e. The first-order chi connectivity index (χ1) is 18.7. The summed E-state index contributed by atoms with van der Waals surface area (Å²) in [5.74, 6) is -2.11. The number of benzene rings is 2. The van der Waals surface area contributed by atoms with Crippen molar-refractivity contribution in [2.45, 2.75) is 24.3 Å². The summed E-state index contributed by atoms with van der Waals surface area (Å²) >= 11 is 7.67. The van der Waals surface area contributed by atoms with E-state index in [1.807, 2.05) is 6.07 Å². The molecule has 0 aliphatic carbocycles. The number of amides is 1. The summed E-state index contributed by atoms with van der Waals surface area (Å²) in [6.45, 7) is 0.156. The lowest BCUT2D eigenvalue weighted by Gasteiger charge is -2.33. The summed E-state index contributed by atoms with van der Waals surface area (Å²) in [4.78, 5) is 23.5. The minimum absolute atomic E-state index is 0.0189. The van der Waals surface area contributed by atoms with Crippen LogP contribution in [0.5, 0.6) is 5.75 Å². The first-order valence-electron chi connectivity index (χ1n) is 12.0. The molecule has 1 amide bonds. The van der Waals surface area contributed by atoms with Crippen LogP contribution in [-0.4, -0.2) is 48.8 Å². The molecular formula is C26H23ClF2N4O4S2. The Hall–Kier alpha value is -3.19. The molecule has 1 fully saturated rings. The first-order valence-corrected chi connectivity index (χ1v) is 14.6. The highest BCUT2D eigenvalue weighted by Crippen LogP contribution is 2.40. The largest absolute Gasteiger partial charge is 0.494 e. The SMILES string of the molecule is COc1ccc(Cl)c2sc(N(Cc3cccnc3)C(=O)C3CCN(S(=O)(=O)c4cc(F)ccc4F)CC3)nc12. The monoisotopic (exact) mass is 592 g/mol. The Bertz CT molecular complexity index is 1630. The molecule has 0 saturated carbocycles. The molecule has 3 heterocycles. The predicted molar refractivity (Wildman–Crippen MR) is 144 cm³/mol. The molecule has 0 atom stereocenters. The number of fused-ring (bicyclic) bond motifs is 1. The van der Waals surface area contributed by atoms with Crippen LogP contribution in [0.15, 0.2) is 59.8 Å². The van der Waals surface area contributed by atoms with Gasteiger partial charge in [0.1, 0.15) is 27.8 Å². The summed E-state index contributed by atoms with van der Waals surface area (Å²) in [5.41, 5.74) is 1.32. The molecule has 4 aromatic rings. The summed E-state index contributed by atoms with van der Waals surface area (Å²) in [7, 11) is -2.74. The lowest BCUT2D eigenvalue weighted by Crippen LogP contribution is -2.44. The van der Waals surface area contributed by atoms with E-state index in [2.05, 4.69) is 9.97 Å². The van der Waals surface area contributed by atoms with Gasteiger partial charge in [-0.15, -0.1) is 0 Å². The lowest BCUT2D eigenvalue weighted by atomic mass is 9.96. The molecule has 8 nitrogen and oxygen atoms in total. The standard InChI is InChI=1S/C26H23ClF2N4O4S2/c1-37-21-7-5-19(27)24-23(21)31-26(38-24)33(15-16-3-2-10-30-14-16)25(34)17-8-11-32(12-9-17)39(35,36)22-13-18(28)4-6-20(22)29/h2-7,10,13-14,17H,8-9,11-12,15H2,1H3. The average Bonchev–Trinajstić information content (AvgIpc) is 3.40. The molecule has 0 unspecified atom stereocenters. The third-order valence-corrected chi connectivity index (χ3v) is 9.99. The predicted octanol–water partition coefficient (Wildman–Crippen LogP) is 5.27. The third kappa shape index (κ3) is 5.46. The number of thiazole rings is 1. The molecular weight excluding hydrogens is 570 g/mol. The van der Waals surface area contributed by atoms with Gasteiger partial charge in [0, 0.05) is 31.4 Å². The number of nitrogens with zero attached hydrogens (tertiary/aromatic N) is 4. The Kier molecular flexibility index (Phi) is 7.81. The maximum atomic E-state index is 14.2. The van der Waals surface area contributed by atoms with Gasteiger partial charge in [-0.1, -0.05) is 29.0 Å². The molecule has 0 spiro atoms. The Morgan fingerprint density at radius 2 is 1.97 bits per heavy atom. The molecule has 204 valence electrons. The average molecular weight is 593 g/mol. The first kappa shape index (κ1) is 27.4. The number of sulfonamides is 1. The minimum atomic E-state index is -4.27. The second kappa shape index (κ2) is 11.1. The molecule has 0 N–H and O–H groups in total. The van der Waals surface area contributed by atoms with Crippen LogP contribution < -0.4 is 9.64 Å². The van der Waals surface area contributed by atoms with Crippen molar-refractivity contribution in [3.05, 3.63) is 77.1 Å². The number of hydrogen-bond donors (Lipinski definition) is 0. The molecule has 5 rings (SSSR count). The second-order valence-corrected chi connectivity index (χ2v) is 12.3. The molecule has 0 bridgehead atoms. The number of methoxy groups -OCH3 is 1. The number of anilines is 1. The van der Waals surface area contributed by atoms with E-state index in [0.717, 1.165) is 22.0 Å². The number of carbonyl (C=O) groups excluding carboxylic acids is 1.